The summed E-state index contributed by atoms with van der Waals surface area (Å²) in [5, 5.41) is 9.98. The molecule has 1 N–H and O–H groups in total. The number of hydrogen-bond acceptors (Lipinski definition) is 3. The molecule has 16 heavy (non-hydrogen) atoms. The van der Waals surface area contributed by atoms with Gasteiger partial charge >= 0.3 is 0 Å². The molecule has 0 saturated heterocycles. The van der Waals surface area contributed by atoms with Gasteiger partial charge in [-0.1, -0.05) is 5.57 Å². The zero-order chi connectivity index (χ0) is 12.1. The quantitative estimate of drug-likeness (QED) is 0.778. The summed E-state index contributed by atoms with van der Waals surface area (Å²) in [5.41, 5.74) is 1.69. The molecule has 0 aliphatic heterocycles. The lowest BCUT2D eigenvalue weighted by atomic mass is 10.0. The van der Waals surface area contributed by atoms with Crippen molar-refractivity contribution in [1.82, 2.24) is 0 Å². The van der Waals surface area contributed by atoms with Gasteiger partial charge in [-0.05, 0) is 25.5 Å². The largest absolute Gasteiger partial charge is 0.497 e. The molecule has 0 aromatic heterocycles. The van der Waals surface area contributed by atoms with Crippen molar-refractivity contribution in [3.63, 3.8) is 0 Å². The highest BCUT2D eigenvalue weighted by molar-refractivity contribution is 5.42. The summed E-state index contributed by atoms with van der Waals surface area (Å²) >= 11 is 0. The van der Waals surface area contributed by atoms with E-state index >= 15 is 0 Å². The fourth-order valence-electron chi connectivity index (χ4n) is 1.53. The molecule has 0 amide bonds. The Morgan fingerprint density at radius 3 is 2.56 bits per heavy atom. The monoisotopic (exact) mass is 222 g/mol. The third kappa shape index (κ3) is 3.00. The molecule has 3 heteroatoms. The summed E-state index contributed by atoms with van der Waals surface area (Å²) in [6.45, 7) is 5.67. The second kappa shape index (κ2) is 5.56. The minimum atomic E-state index is -0.585. The Labute approximate surface area is 96.3 Å². The van der Waals surface area contributed by atoms with E-state index in [4.69, 9.17) is 9.47 Å². The average Bonchev–Trinajstić information content (AvgIpc) is 2.27. The van der Waals surface area contributed by atoms with Crippen LogP contribution in [0.2, 0.25) is 0 Å². The normalized spacial score (nSPS) is 12.0. The number of aliphatic hydroxyl groups is 1. The SMILES string of the molecule is C=C(C)CC(O)c1ccc(OC)cc1OC. The molecule has 1 atom stereocenters. The van der Waals surface area contributed by atoms with Crippen LogP contribution < -0.4 is 9.47 Å². The first-order valence-electron chi connectivity index (χ1n) is 5.13. The van der Waals surface area contributed by atoms with E-state index in [1.807, 2.05) is 13.0 Å². The number of benzene rings is 1. The summed E-state index contributed by atoms with van der Waals surface area (Å²) < 4.78 is 10.3. The Morgan fingerprint density at radius 2 is 2.06 bits per heavy atom. The Morgan fingerprint density at radius 1 is 1.38 bits per heavy atom. The van der Waals surface area contributed by atoms with Gasteiger partial charge in [0.05, 0.1) is 20.3 Å². The first-order chi connectivity index (χ1) is 7.58. The molecule has 1 unspecified atom stereocenters. The zero-order valence-corrected chi connectivity index (χ0v) is 9.99. The Hall–Kier alpha value is -1.48. The summed E-state index contributed by atoms with van der Waals surface area (Å²) in [5.74, 6) is 1.34. The van der Waals surface area contributed by atoms with Gasteiger partial charge in [0.1, 0.15) is 11.5 Å². The highest BCUT2D eigenvalue weighted by Gasteiger charge is 2.14. The molecule has 1 aromatic carbocycles. The van der Waals surface area contributed by atoms with Gasteiger partial charge in [-0.15, -0.1) is 6.58 Å². The fourth-order valence-corrected chi connectivity index (χ4v) is 1.53. The second-order valence-corrected chi connectivity index (χ2v) is 3.78. The van der Waals surface area contributed by atoms with E-state index in [-0.39, 0.29) is 0 Å². The Bertz CT molecular complexity index is 371. The van der Waals surface area contributed by atoms with Crippen molar-refractivity contribution in [3.8, 4) is 11.5 Å². The van der Waals surface area contributed by atoms with Crippen LogP contribution in [0, 0.1) is 0 Å². The van der Waals surface area contributed by atoms with E-state index in [0.29, 0.717) is 17.9 Å². The van der Waals surface area contributed by atoms with Crippen LogP contribution in [0.1, 0.15) is 25.0 Å². The Kier molecular flexibility index (Phi) is 4.38. The number of rotatable bonds is 5. The van der Waals surface area contributed by atoms with Gasteiger partial charge in [-0.3, -0.25) is 0 Å². The maximum atomic E-state index is 9.98. The minimum absolute atomic E-state index is 0.530. The third-order valence-corrected chi connectivity index (χ3v) is 2.34. The first-order valence-corrected chi connectivity index (χ1v) is 5.13. The predicted molar refractivity (Wildman–Crippen MR) is 63.9 cm³/mol. The van der Waals surface area contributed by atoms with Gasteiger partial charge in [0.2, 0.25) is 0 Å². The number of ether oxygens (including phenoxy) is 2. The minimum Gasteiger partial charge on any atom is -0.497 e. The van der Waals surface area contributed by atoms with Crippen LogP contribution >= 0.6 is 0 Å². The van der Waals surface area contributed by atoms with Crippen LogP contribution in [0.4, 0.5) is 0 Å². The summed E-state index contributed by atoms with van der Waals surface area (Å²) in [6.07, 6.45) is -0.0544. The lowest BCUT2D eigenvalue weighted by molar-refractivity contribution is 0.174. The Balaban J connectivity index is 2.98. The molecule has 0 aliphatic rings. The smallest absolute Gasteiger partial charge is 0.128 e. The van der Waals surface area contributed by atoms with E-state index in [2.05, 4.69) is 6.58 Å². The topological polar surface area (TPSA) is 38.7 Å². The fraction of sp³-hybridized carbons (Fsp3) is 0.385. The average molecular weight is 222 g/mol. The van der Waals surface area contributed by atoms with E-state index < -0.39 is 6.10 Å². The number of aliphatic hydroxyl groups excluding tert-OH is 1. The van der Waals surface area contributed by atoms with Gasteiger partial charge in [-0.25, -0.2) is 0 Å². The van der Waals surface area contributed by atoms with Crippen LogP contribution in [-0.4, -0.2) is 19.3 Å². The highest BCUT2D eigenvalue weighted by atomic mass is 16.5. The molecule has 0 spiro atoms. The van der Waals surface area contributed by atoms with E-state index in [9.17, 15) is 5.11 Å². The second-order valence-electron chi connectivity index (χ2n) is 3.78. The molecular weight excluding hydrogens is 204 g/mol. The van der Waals surface area contributed by atoms with Gasteiger partial charge in [0.15, 0.2) is 0 Å². The standard InChI is InChI=1S/C13H18O3/c1-9(2)7-12(14)11-6-5-10(15-3)8-13(11)16-4/h5-6,8,12,14H,1,7H2,2-4H3. The molecule has 0 heterocycles. The molecule has 1 rings (SSSR count). The van der Waals surface area contributed by atoms with Gasteiger partial charge in [0, 0.05) is 11.6 Å². The third-order valence-electron chi connectivity index (χ3n) is 2.34. The summed E-state index contributed by atoms with van der Waals surface area (Å²) in [6, 6.07) is 5.38. The number of methoxy groups -OCH3 is 2. The molecule has 0 fully saturated rings. The van der Waals surface area contributed by atoms with Crippen molar-refractivity contribution in [1.29, 1.82) is 0 Å². The van der Waals surface area contributed by atoms with Crippen molar-refractivity contribution in [2.45, 2.75) is 19.4 Å². The lowest BCUT2D eigenvalue weighted by Crippen LogP contribution is -2.01. The molecule has 0 bridgehead atoms. The van der Waals surface area contributed by atoms with Crippen molar-refractivity contribution in [2.24, 2.45) is 0 Å². The number of hydrogen-bond donors (Lipinski definition) is 1. The summed E-state index contributed by atoms with van der Waals surface area (Å²) in [7, 11) is 3.17. The molecule has 3 nitrogen and oxygen atoms in total. The van der Waals surface area contributed by atoms with Crippen molar-refractivity contribution < 1.29 is 14.6 Å². The van der Waals surface area contributed by atoms with E-state index in [1.54, 1.807) is 26.4 Å². The maximum absolute atomic E-state index is 9.98. The van der Waals surface area contributed by atoms with Crippen LogP contribution in [-0.2, 0) is 0 Å². The van der Waals surface area contributed by atoms with Gasteiger partial charge < -0.3 is 14.6 Å². The van der Waals surface area contributed by atoms with Gasteiger partial charge in [-0.2, -0.15) is 0 Å². The lowest BCUT2D eigenvalue weighted by Gasteiger charge is -2.15. The molecule has 1 aromatic rings. The molecular formula is C13H18O3. The maximum Gasteiger partial charge on any atom is 0.128 e. The molecule has 88 valence electrons. The van der Waals surface area contributed by atoms with Crippen molar-refractivity contribution in [2.75, 3.05) is 14.2 Å². The summed E-state index contributed by atoms with van der Waals surface area (Å²) in [4.78, 5) is 0. The molecule has 0 saturated carbocycles. The van der Waals surface area contributed by atoms with Gasteiger partial charge in [0.25, 0.3) is 0 Å². The highest BCUT2D eigenvalue weighted by Crippen LogP contribution is 2.31. The van der Waals surface area contributed by atoms with E-state index in [0.717, 1.165) is 11.1 Å². The molecule has 0 aliphatic carbocycles. The van der Waals surface area contributed by atoms with Crippen LogP contribution in [0.5, 0.6) is 11.5 Å². The zero-order valence-electron chi connectivity index (χ0n) is 9.99. The molecule has 0 radical (unpaired) electrons. The predicted octanol–water partition coefficient (Wildman–Crippen LogP) is 2.70. The van der Waals surface area contributed by atoms with Crippen LogP contribution in [0.15, 0.2) is 30.4 Å². The van der Waals surface area contributed by atoms with Crippen molar-refractivity contribution >= 4 is 0 Å². The first kappa shape index (κ1) is 12.6. The van der Waals surface area contributed by atoms with Crippen molar-refractivity contribution in [3.05, 3.63) is 35.9 Å². The van der Waals surface area contributed by atoms with Crippen LogP contribution in [0.25, 0.3) is 0 Å². The van der Waals surface area contributed by atoms with Crippen LogP contribution in [0.3, 0.4) is 0 Å². The van der Waals surface area contributed by atoms with E-state index in [1.165, 1.54) is 0 Å².